The van der Waals surface area contributed by atoms with Crippen molar-refractivity contribution in [2.75, 3.05) is 0 Å². The Morgan fingerprint density at radius 1 is 1.07 bits per heavy atom. The molecule has 1 spiro atoms. The third kappa shape index (κ3) is 2.16. The highest BCUT2D eigenvalue weighted by atomic mass is 16.3. The molecule has 140 valence electrons. The Balaban J connectivity index is 1.66. The summed E-state index contributed by atoms with van der Waals surface area (Å²) in [6.07, 6.45) is 12.2. The molecule has 0 bridgehead atoms. The number of nitrogens with zero attached hydrogens (tertiary/aromatic N) is 2. The number of benzene rings is 1. The van der Waals surface area contributed by atoms with Crippen molar-refractivity contribution in [2.24, 2.45) is 12.5 Å². The van der Waals surface area contributed by atoms with Crippen molar-refractivity contribution in [3.05, 3.63) is 59.4 Å². The predicted octanol–water partition coefficient (Wildman–Crippen LogP) is 5.44. The number of aryl methyl sites for hydroxylation is 2. The van der Waals surface area contributed by atoms with Gasteiger partial charge in [0, 0.05) is 23.2 Å². The summed E-state index contributed by atoms with van der Waals surface area (Å²) in [4.78, 5) is 4.75. The van der Waals surface area contributed by atoms with Gasteiger partial charge in [0.15, 0.2) is 11.8 Å². The molecule has 0 radical (unpaired) electrons. The van der Waals surface area contributed by atoms with Gasteiger partial charge < -0.3 is 4.42 Å². The van der Waals surface area contributed by atoms with Crippen LogP contribution in [0.3, 0.4) is 0 Å². The minimum atomic E-state index is 0.499. The Bertz CT molecular complexity index is 1240. The molecular weight excluding hydrogens is 344 g/mol. The lowest BCUT2D eigenvalue weighted by molar-refractivity contribution is -0.660. The van der Waals surface area contributed by atoms with Crippen LogP contribution in [0.15, 0.2) is 47.1 Å². The maximum Gasteiger partial charge on any atom is 0.219 e. The maximum absolute atomic E-state index is 6.37. The maximum atomic E-state index is 6.37. The first kappa shape index (κ1) is 16.3. The summed E-state index contributed by atoms with van der Waals surface area (Å²) in [7, 11) is 2.17. The van der Waals surface area contributed by atoms with Gasteiger partial charge in [0.05, 0.1) is 5.56 Å². The molecular formula is C25H25N2O+. The van der Waals surface area contributed by atoms with Crippen molar-refractivity contribution in [3.63, 3.8) is 0 Å². The smallest absolute Gasteiger partial charge is 0.219 e. The average Bonchev–Trinajstić information content (AvgIpc) is 3.39. The Morgan fingerprint density at radius 3 is 2.75 bits per heavy atom. The zero-order chi connectivity index (χ0) is 18.9. The van der Waals surface area contributed by atoms with Crippen LogP contribution in [0.4, 0.5) is 0 Å². The molecule has 3 heteroatoms. The SMILES string of the molecule is Cc1cnc2c(oc3ccccc32)c1-c1c2c(cc[n+]1C)CC1(CCCC1)C2. The molecule has 1 aromatic carbocycles. The minimum Gasteiger partial charge on any atom is -0.453 e. The van der Waals surface area contributed by atoms with E-state index in [0.717, 1.165) is 22.1 Å². The van der Waals surface area contributed by atoms with Crippen molar-refractivity contribution < 1.29 is 8.98 Å². The minimum absolute atomic E-state index is 0.499. The Labute approximate surface area is 165 Å². The third-order valence-electron chi connectivity index (χ3n) is 7.12. The fraction of sp³-hybridized carbons (Fsp3) is 0.360. The number of fused-ring (bicyclic) bond motifs is 4. The molecule has 0 amide bonds. The predicted molar refractivity (Wildman–Crippen MR) is 111 cm³/mol. The number of hydrogen-bond acceptors (Lipinski definition) is 2. The average molecular weight is 369 g/mol. The van der Waals surface area contributed by atoms with Gasteiger partial charge in [0.1, 0.15) is 18.1 Å². The Kier molecular flexibility index (Phi) is 3.30. The lowest BCUT2D eigenvalue weighted by Crippen LogP contribution is -2.32. The number of aromatic nitrogens is 2. The van der Waals surface area contributed by atoms with E-state index in [2.05, 4.69) is 42.9 Å². The molecule has 0 aliphatic heterocycles. The van der Waals surface area contributed by atoms with Crippen LogP contribution in [0.25, 0.3) is 33.3 Å². The lowest BCUT2D eigenvalue weighted by Gasteiger charge is -2.21. The highest BCUT2D eigenvalue weighted by Gasteiger charge is 2.43. The molecule has 28 heavy (non-hydrogen) atoms. The highest BCUT2D eigenvalue weighted by Crippen LogP contribution is 2.50. The summed E-state index contributed by atoms with van der Waals surface area (Å²) < 4.78 is 8.67. The molecule has 3 nitrogen and oxygen atoms in total. The van der Waals surface area contributed by atoms with Crippen LogP contribution >= 0.6 is 0 Å². The topological polar surface area (TPSA) is 29.9 Å². The van der Waals surface area contributed by atoms with Crippen molar-refractivity contribution >= 4 is 22.1 Å². The van der Waals surface area contributed by atoms with E-state index < -0.39 is 0 Å². The first-order valence-corrected chi connectivity index (χ1v) is 10.4. The second-order valence-electron chi connectivity index (χ2n) is 8.93. The van der Waals surface area contributed by atoms with Crippen LogP contribution in [0.5, 0.6) is 0 Å². The highest BCUT2D eigenvalue weighted by molar-refractivity contribution is 6.07. The molecule has 2 aliphatic carbocycles. The molecule has 2 aliphatic rings. The first-order chi connectivity index (χ1) is 13.7. The summed E-state index contributed by atoms with van der Waals surface area (Å²) in [6, 6.07) is 10.6. The fourth-order valence-corrected chi connectivity index (χ4v) is 5.78. The van der Waals surface area contributed by atoms with Crippen molar-refractivity contribution in [1.82, 2.24) is 4.98 Å². The fourth-order valence-electron chi connectivity index (χ4n) is 5.78. The third-order valence-corrected chi connectivity index (χ3v) is 7.12. The van der Waals surface area contributed by atoms with Gasteiger partial charge in [-0.05, 0) is 61.3 Å². The van der Waals surface area contributed by atoms with Gasteiger partial charge >= 0.3 is 0 Å². The van der Waals surface area contributed by atoms with E-state index in [4.69, 9.17) is 9.40 Å². The molecule has 3 aromatic heterocycles. The summed E-state index contributed by atoms with van der Waals surface area (Å²) in [5.41, 5.74) is 10.1. The molecule has 1 saturated carbocycles. The molecule has 0 unspecified atom stereocenters. The Morgan fingerprint density at radius 2 is 1.89 bits per heavy atom. The van der Waals surface area contributed by atoms with Crippen molar-refractivity contribution in [2.45, 2.75) is 45.4 Å². The van der Waals surface area contributed by atoms with Gasteiger partial charge in [0.25, 0.3) is 0 Å². The second-order valence-corrected chi connectivity index (χ2v) is 8.93. The number of furan rings is 1. The van der Waals surface area contributed by atoms with E-state index in [0.29, 0.717) is 5.41 Å². The van der Waals surface area contributed by atoms with E-state index in [-0.39, 0.29) is 0 Å². The van der Waals surface area contributed by atoms with E-state index in [9.17, 15) is 0 Å². The van der Waals surface area contributed by atoms with Gasteiger partial charge in [-0.3, -0.25) is 4.98 Å². The van der Waals surface area contributed by atoms with Crippen LogP contribution in [0.1, 0.15) is 42.4 Å². The van der Waals surface area contributed by atoms with E-state index in [1.807, 2.05) is 18.3 Å². The zero-order valence-electron chi connectivity index (χ0n) is 16.6. The van der Waals surface area contributed by atoms with Gasteiger partial charge in [-0.1, -0.05) is 25.0 Å². The number of pyridine rings is 2. The first-order valence-electron chi connectivity index (χ1n) is 10.4. The lowest BCUT2D eigenvalue weighted by atomic mass is 9.83. The number of para-hydroxylation sites is 1. The van der Waals surface area contributed by atoms with Crippen LogP contribution in [-0.4, -0.2) is 4.98 Å². The largest absolute Gasteiger partial charge is 0.453 e. The van der Waals surface area contributed by atoms with Gasteiger partial charge in [0.2, 0.25) is 5.69 Å². The molecule has 3 heterocycles. The number of rotatable bonds is 1. The summed E-state index contributed by atoms with van der Waals surface area (Å²) in [5, 5.41) is 1.10. The van der Waals surface area contributed by atoms with Gasteiger partial charge in [-0.15, -0.1) is 0 Å². The zero-order valence-corrected chi connectivity index (χ0v) is 16.6. The summed E-state index contributed by atoms with van der Waals surface area (Å²) >= 11 is 0. The van der Waals surface area contributed by atoms with Crippen molar-refractivity contribution in [1.29, 1.82) is 0 Å². The quantitative estimate of drug-likeness (QED) is 0.418. The van der Waals surface area contributed by atoms with Gasteiger partial charge in [-0.25, -0.2) is 4.57 Å². The Hall–Kier alpha value is -2.68. The molecule has 4 aromatic rings. The molecule has 0 N–H and O–H groups in total. The summed E-state index contributed by atoms with van der Waals surface area (Å²) in [6.45, 7) is 2.16. The van der Waals surface area contributed by atoms with E-state index in [1.54, 1.807) is 0 Å². The van der Waals surface area contributed by atoms with Crippen LogP contribution in [0, 0.1) is 12.3 Å². The van der Waals surface area contributed by atoms with Crippen LogP contribution in [0.2, 0.25) is 0 Å². The van der Waals surface area contributed by atoms with E-state index in [1.165, 1.54) is 66.5 Å². The molecule has 6 rings (SSSR count). The van der Waals surface area contributed by atoms with Crippen LogP contribution in [-0.2, 0) is 19.9 Å². The number of hydrogen-bond donors (Lipinski definition) is 0. The standard InChI is InChI=1S/C25H25N2O/c1-16-15-26-22-18-7-3-4-8-20(18)28-24(22)21(16)23-19-14-25(10-5-6-11-25)13-17(19)9-12-27(23)2/h3-4,7-9,12,15H,5-6,10-11,13-14H2,1-2H3/q+1. The second kappa shape index (κ2) is 5.66. The normalized spacial score (nSPS) is 17.8. The summed E-state index contributed by atoms with van der Waals surface area (Å²) in [5.74, 6) is 0. The van der Waals surface area contributed by atoms with Crippen molar-refractivity contribution in [3.8, 4) is 11.3 Å². The van der Waals surface area contributed by atoms with E-state index >= 15 is 0 Å². The molecule has 0 atom stereocenters. The molecule has 0 saturated heterocycles. The molecule has 1 fully saturated rings. The monoisotopic (exact) mass is 369 g/mol. The van der Waals surface area contributed by atoms with Gasteiger partial charge in [-0.2, -0.15) is 0 Å². The van der Waals surface area contributed by atoms with Crippen LogP contribution < -0.4 is 4.57 Å².